The molecule has 6 heteroatoms. The molecule has 1 unspecified atom stereocenters. The van der Waals surface area contributed by atoms with Crippen LogP contribution in [0.5, 0.6) is 0 Å². The lowest BCUT2D eigenvalue weighted by Gasteiger charge is -2.30. The van der Waals surface area contributed by atoms with Gasteiger partial charge in [-0.1, -0.05) is 12.8 Å². The molecule has 1 aromatic carbocycles. The first kappa shape index (κ1) is 15.8. The highest BCUT2D eigenvalue weighted by molar-refractivity contribution is 5.68. The molecule has 0 amide bonds. The van der Waals surface area contributed by atoms with Gasteiger partial charge in [0.1, 0.15) is 5.82 Å². The Morgan fingerprint density at radius 2 is 1.62 bits per heavy atom. The van der Waals surface area contributed by atoms with E-state index in [0.717, 1.165) is 31.7 Å². The van der Waals surface area contributed by atoms with Crippen LogP contribution in [0, 0.1) is 17.5 Å². The summed E-state index contributed by atoms with van der Waals surface area (Å²) in [4.78, 5) is 12.9. The van der Waals surface area contributed by atoms with Crippen LogP contribution in [0.15, 0.2) is 12.1 Å². The van der Waals surface area contributed by atoms with E-state index in [9.17, 15) is 18.0 Å². The van der Waals surface area contributed by atoms with Gasteiger partial charge in [0.15, 0.2) is 11.6 Å². The number of hydrogen-bond donors (Lipinski definition) is 1. The lowest BCUT2D eigenvalue weighted by atomic mass is 10.0. The second-order valence-electron chi connectivity index (χ2n) is 5.35. The lowest BCUT2D eigenvalue weighted by Crippen LogP contribution is -2.32. The number of carbonyl (C=O) groups is 1. The maximum absolute atomic E-state index is 14.0. The first-order chi connectivity index (χ1) is 9.99. The molecule has 1 aliphatic heterocycles. The third kappa shape index (κ3) is 3.97. The maximum Gasteiger partial charge on any atom is 0.305 e. The van der Waals surface area contributed by atoms with Crippen LogP contribution in [0.2, 0.25) is 0 Å². The molecule has 1 saturated heterocycles. The van der Waals surface area contributed by atoms with Gasteiger partial charge in [0.2, 0.25) is 0 Å². The number of carboxylic acid groups (broad SMARTS) is 1. The van der Waals surface area contributed by atoms with E-state index in [0.29, 0.717) is 19.2 Å². The van der Waals surface area contributed by atoms with Crippen LogP contribution in [0.3, 0.4) is 0 Å². The Balaban J connectivity index is 2.34. The molecule has 1 fully saturated rings. The van der Waals surface area contributed by atoms with E-state index >= 15 is 0 Å². The molecule has 1 heterocycles. The molecular formula is C15H18F3NO2. The lowest BCUT2D eigenvalue weighted by molar-refractivity contribution is -0.138. The standard InChI is InChI=1S/C15H18F3NO2/c16-11-8-13(18)12(17)7-10(11)14(9-15(20)21)19-5-3-1-2-4-6-19/h7-8,14H,1-6,9H2,(H,20,21). The van der Waals surface area contributed by atoms with Crippen molar-refractivity contribution in [2.75, 3.05) is 13.1 Å². The summed E-state index contributed by atoms with van der Waals surface area (Å²) in [6.45, 7) is 1.27. The molecule has 1 atom stereocenters. The van der Waals surface area contributed by atoms with Crippen LogP contribution >= 0.6 is 0 Å². The molecule has 1 N–H and O–H groups in total. The van der Waals surface area contributed by atoms with Crippen LogP contribution in [0.1, 0.15) is 43.7 Å². The molecular weight excluding hydrogens is 283 g/mol. The van der Waals surface area contributed by atoms with E-state index in [4.69, 9.17) is 5.11 Å². The summed E-state index contributed by atoms with van der Waals surface area (Å²) in [7, 11) is 0. The van der Waals surface area contributed by atoms with Gasteiger partial charge in [0.25, 0.3) is 0 Å². The Labute approximate surface area is 121 Å². The van der Waals surface area contributed by atoms with Gasteiger partial charge >= 0.3 is 5.97 Å². The van der Waals surface area contributed by atoms with Gasteiger partial charge in [-0.3, -0.25) is 9.69 Å². The predicted octanol–water partition coefficient (Wildman–Crippen LogP) is 3.50. The van der Waals surface area contributed by atoms with Crippen LogP contribution in [0.25, 0.3) is 0 Å². The third-order valence-corrected chi connectivity index (χ3v) is 3.85. The van der Waals surface area contributed by atoms with E-state index < -0.39 is 29.5 Å². The van der Waals surface area contributed by atoms with Crippen molar-refractivity contribution in [3.63, 3.8) is 0 Å². The fourth-order valence-corrected chi connectivity index (χ4v) is 2.80. The number of benzene rings is 1. The quantitative estimate of drug-likeness (QED) is 0.865. The number of hydrogen-bond acceptors (Lipinski definition) is 2. The van der Waals surface area contributed by atoms with Crippen molar-refractivity contribution in [3.8, 4) is 0 Å². The molecule has 0 radical (unpaired) electrons. The van der Waals surface area contributed by atoms with Gasteiger partial charge in [-0.15, -0.1) is 0 Å². The molecule has 1 aliphatic rings. The smallest absolute Gasteiger partial charge is 0.305 e. The van der Waals surface area contributed by atoms with Crippen molar-refractivity contribution >= 4 is 5.97 Å². The minimum Gasteiger partial charge on any atom is -0.481 e. The highest BCUT2D eigenvalue weighted by Crippen LogP contribution is 2.30. The monoisotopic (exact) mass is 301 g/mol. The van der Waals surface area contributed by atoms with Gasteiger partial charge < -0.3 is 5.11 Å². The molecule has 2 rings (SSSR count). The average molecular weight is 301 g/mol. The minimum atomic E-state index is -1.26. The fraction of sp³-hybridized carbons (Fsp3) is 0.533. The van der Waals surface area contributed by atoms with E-state index in [-0.39, 0.29) is 12.0 Å². The summed E-state index contributed by atoms with van der Waals surface area (Å²) in [6, 6.07) is 0.497. The molecule has 0 spiro atoms. The summed E-state index contributed by atoms with van der Waals surface area (Å²) in [5.74, 6) is -4.41. The molecule has 0 bridgehead atoms. The maximum atomic E-state index is 14.0. The van der Waals surface area contributed by atoms with Crippen molar-refractivity contribution in [2.45, 2.75) is 38.1 Å². The van der Waals surface area contributed by atoms with Crippen molar-refractivity contribution in [3.05, 3.63) is 35.1 Å². The number of rotatable bonds is 4. The minimum absolute atomic E-state index is 0.0850. The second-order valence-corrected chi connectivity index (χ2v) is 5.35. The first-order valence-corrected chi connectivity index (χ1v) is 7.09. The van der Waals surface area contributed by atoms with E-state index in [2.05, 4.69) is 0 Å². The molecule has 0 aliphatic carbocycles. The Morgan fingerprint density at radius 3 is 2.19 bits per heavy atom. The van der Waals surface area contributed by atoms with Gasteiger partial charge in [-0.25, -0.2) is 13.2 Å². The summed E-state index contributed by atoms with van der Waals surface area (Å²) in [5.41, 5.74) is -0.0850. The van der Waals surface area contributed by atoms with Crippen LogP contribution < -0.4 is 0 Å². The highest BCUT2D eigenvalue weighted by atomic mass is 19.2. The molecule has 116 valence electrons. The van der Waals surface area contributed by atoms with Crippen molar-refractivity contribution in [2.24, 2.45) is 0 Å². The van der Waals surface area contributed by atoms with Crippen LogP contribution in [-0.2, 0) is 4.79 Å². The van der Waals surface area contributed by atoms with Crippen LogP contribution in [0.4, 0.5) is 13.2 Å². The largest absolute Gasteiger partial charge is 0.481 e. The zero-order chi connectivity index (χ0) is 15.4. The first-order valence-electron chi connectivity index (χ1n) is 7.09. The molecule has 0 saturated carbocycles. The third-order valence-electron chi connectivity index (χ3n) is 3.85. The number of halogens is 3. The molecule has 3 nitrogen and oxygen atoms in total. The highest BCUT2D eigenvalue weighted by Gasteiger charge is 2.27. The summed E-state index contributed by atoms with van der Waals surface area (Å²) in [6.07, 6.45) is 3.53. The van der Waals surface area contributed by atoms with Crippen molar-refractivity contribution < 1.29 is 23.1 Å². The number of likely N-dealkylation sites (tertiary alicyclic amines) is 1. The predicted molar refractivity (Wildman–Crippen MR) is 71.4 cm³/mol. The Hall–Kier alpha value is -1.56. The molecule has 0 aromatic heterocycles. The zero-order valence-electron chi connectivity index (χ0n) is 11.6. The summed E-state index contributed by atoms with van der Waals surface area (Å²) >= 11 is 0. The number of carboxylic acids is 1. The van der Waals surface area contributed by atoms with Crippen LogP contribution in [-0.4, -0.2) is 29.1 Å². The van der Waals surface area contributed by atoms with E-state index in [1.807, 2.05) is 4.90 Å². The van der Waals surface area contributed by atoms with Crippen molar-refractivity contribution in [1.29, 1.82) is 0 Å². The molecule has 1 aromatic rings. The van der Waals surface area contributed by atoms with Gasteiger partial charge in [-0.2, -0.15) is 0 Å². The normalized spacial score (nSPS) is 18.2. The average Bonchev–Trinajstić information content (AvgIpc) is 2.69. The Bertz CT molecular complexity index is 514. The van der Waals surface area contributed by atoms with Gasteiger partial charge in [0, 0.05) is 17.7 Å². The van der Waals surface area contributed by atoms with E-state index in [1.54, 1.807) is 0 Å². The Morgan fingerprint density at radius 1 is 1.05 bits per heavy atom. The Kier molecular flexibility index (Phi) is 5.22. The second kappa shape index (κ2) is 6.93. The SMILES string of the molecule is O=C(O)CC(c1cc(F)c(F)cc1F)N1CCCCCC1. The van der Waals surface area contributed by atoms with E-state index in [1.165, 1.54) is 0 Å². The number of nitrogens with zero attached hydrogens (tertiary/aromatic N) is 1. The fourth-order valence-electron chi connectivity index (χ4n) is 2.80. The van der Waals surface area contributed by atoms with Crippen molar-refractivity contribution in [1.82, 2.24) is 4.90 Å². The molecule has 21 heavy (non-hydrogen) atoms. The summed E-state index contributed by atoms with van der Waals surface area (Å²) < 4.78 is 40.4. The zero-order valence-corrected chi connectivity index (χ0v) is 11.6. The van der Waals surface area contributed by atoms with Gasteiger partial charge in [-0.05, 0) is 32.0 Å². The van der Waals surface area contributed by atoms with Gasteiger partial charge in [0.05, 0.1) is 6.42 Å². The summed E-state index contributed by atoms with van der Waals surface area (Å²) in [5, 5.41) is 9.04. The topological polar surface area (TPSA) is 40.5 Å². The number of aliphatic carboxylic acids is 1.